The Kier molecular flexibility index (Phi) is 4.93. The number of benzene rings is 1. The highest BCUT2D eigenvalue weighted by Crippen LogP contribution is 2.47. The van der Waals surface area contributed by atoms with E-state index in [4.69, 9.17) is 10.5 Å². The minimum absolute atomic E-state index is 0.172. The largest absolute Gasteiger partial charge is 0.469 e. The van der Waals surface area contributed by atoms with E-state index in [2.05, 4.69) is 0 Å². The maximum Gasteiger partial charge on any atom is 0.306 e. The number of carbonyl (C=O) groups is 1. The fourth-order valence-corrected chi connectivity index (χ4v) is 3.33. The quantitative estimate of drug-likeness (QED) is 0.847. The molecule has 0 saturated heterocycles. The topological polar surface area (TPSA) is 52.3 Å². The van der Waals surface area contributed by atoms with E-state index in [0.29, 0.717) is 6.42 Å². The minimum Gasteiger partial charge on any atom is -0.469 e. The standard InChI is InChI=1S/C16H21F2NO2/c1-21-15(20)10-16(6-2-3-7-16)9-14(19)12-8-11(17)4-5-13(12)18/h4-5,8,14H,2-3,6-7,9-10,19H2,1H3. The molecule has 2 rings (SSSR count). The summed E-state index contributed by atoms with van der Waals surface area (Å²) in [6, 6.07) is 2.68. The van der Waals surface area contributed by atoms with Gasteiger partial charge in [0.25, 0.3) is 0 Å². The minimum atomic E-state index is -0.622. The van der Waals surface area contributed by atoms with E-state index in [1.807, 2.05) is 0 Å². The summed E-state index contributed by atoms with van der Waals surface area (Å²) in [6.45, 7) is 0. The Morgan fingerprint density at radius 3 is 2.67 bits per heavy atom. The van der Waals surface area contributed by atoms with Gasteiger partial charge in [0.05, 0.1) is 13.5 Å². The van der Waals surface area contributed by atoms with Gasteiger partial charge in [-0.2, -0.15) is 0 Å². The van der Waals surface area contributed by atoms with Crippen molar-refractivity contribution in [2.75, 3.05) is 7.11 Å². The summed E-state index contributed by atoms with van der Waals surface area (Å²) in [5, 5.41) is 0. The number of hydrogen-bond acceptors (Lipinski definition) is 3. The third-order valence-electron chi connectivity index (χ3n) is 4.42. The lowest BCUT2D eigenvalue weighted by Crippen LogP contribution is -2.28. The predicted molar refractivity (Wildman–Crippen MR) is 75.4 cm³/mol. The van der Waals surface area contributed by atoms with E-state index in [9.17, 15) is 13.6 Å². The number of hydrogen-bond donors (Lipinski definition) is 1. The van der Waals surface area contributed by atoms with Crippen molar-refractivity contribution in [3.63, 3.8) is 0 Å². The van der Waals surface area contributed by atoms with Crippen LogP contribution in [0.25, 0.3) is 0 Å². The molecule has 1 aromatic rings. The second-order valence-electron chi connectivity index (χ2n) is 5.94. The summed E-state index contributed by atoms with van der Waals surface area (Å²) in [5.74, 6) is -1.28. The van der Waals surface area contributed by atoms with E-state index in [1.165, 1.54) is 7.11 Å². The highest BCUT2D eigenvalue weighted by atomic mass is 19.1. The van der Waals surface area contributed by atoms with Gasteiger partial charge in [0.2, 0.25) is 0 Å². The first kappa shape index (κ1) is 15.9. The molecular formula is C16H21F2NO2. The van der Waals surface area contributed by atoms with E-state index in [1.54, 1.807) is 0 Å². The molecule has 1 fully saturated rings. The fraction of sp³-hybridized carbons (Fsp3) is 0.562. The third kappa shape index (κ3) is 3.79. The van der Waals surface area contributed by atoms with Crippen molar-refractivity contribution in [3.8, 4) is 0 Å². The molecule has 0 aliphatic heterocycles. The summed E-state index contributed by atoms with van der Waals surface area (Å²) in [7, 11) is 1.36. The van der Waals surface area contributed by atoms with Crippen LogP contribution in [0.5, 0.6) is 0 Å². The van der Waals surface area contributed by atoms with Gasteiger partial charge in [0.1, 0.15) is 11.6 Å². The molecule has 5 heteroatoms. The zero-order valence-corrected chi connectivity index (χ0v) is 12.2. The van der Waals surface area contributed by atoms with Gasteiger partial charge < -0.3 is 10.5 Å². The number of ether oxygens (including phenoxy) is 1. The van der Waals surface area contributed by atoms with Crippen molar-refractivity contribution in [1.82, 2.24) is 0 Å². The number of rotatable bonds is 5. The van der Waals surface area contributed by atoms with Crippen LogP contribution < -0.4 is 5.73 Å². The van der Waals surface area contributed by atoms with Crippen molar-refractivity contribution in [2.24, 2.45) is 11.1 Å². The van der Waals surface area contributed by atoms with Crippen LogP contribution in [0.1, 0.15) is 50.1 Å². The lowest BCUT2D eigenvalue weighted by Gasteiger charge is -2.31. The summed E-state index contributed by atoms with van der Waals surface area (Å²) >= 11 is 0. The van der Waals surface area contributed by atoms with E-state index < -0.39 is 17.7 Å². The summed E-state index contributed by atoms with van der Waals surface area (Å²) in [4.78, 5) is 11.6. The molecule has 1 aliphatic rings. The zero-order chi connectivity index (χ0) is 15.5. The summed E-state index contributed by atoms with van der Waals surface area (Å²) in [6.07, 6.45) is 4.53. The lowest BCUT2D eigenvalue weighted by atomic mass is 9.76. The maximum atomic E-state index is 13.8. The highest BCUT2D eigenvalue weighted by Gasteiger charge is 2.38. The average Bonchev–Trinajstić information content (AvgIpc) is 2.89. The molecule has 3 nitrogen and oxygen atoms in total. The Labute approximate surface area is 123 Å². The van der Waals surface area contributed by atoms with Crippen LogP contribution >= 0.6 is 0 Å². The molecule has 116 valence electrons. The fourth-order valence-electron chi connectivity index (χ4n) is 3.33. The number of halogens is 2. The van der Waals surface area contributed by atoms with Gasteiger partial charge in [-0.3, -0.25) is 4.79 Å². The normalized spacial score (nSPS) is 18.5. The monoisotopic (exact) mass is 297 g/mol. The Bertz CT molecular complexity index is 513. The number of nitrogens with two attached hydrogens (primary N) is 1. The molecule has 0 amide bonds. The summed E-state index contributed by atoms with van der Waals surface area (Å²) in [5.41, 5.74) is 6.00. The Balaban J connectivity index is 2.16. The van der Waals surface area contributed by atoms with Crippen LogP contribution in [0.3, 0.4) is 0 Å². The smallest absolute Gasteiger partial charge is 0.306 e. The molecule has 21 heavy (non-hydrogen) atoms. The van der Waals surface area contributed by atoms with Gasteiger partial charge in [-0.15, -0.1) is 0 Å². The third-order valence-corrected chi connectivity index (χ3v) is 4.42. The van der Waals surface area contributed by atoms with Crippen molar-refractivity contribution in [1.29, 1.82) is 0 Å². The van der Waals surface area contributed by atoms with Crippen LogP contribution in [0.4, 0.5) is 8.78 Å². The molecule has 0 heterocycles. The number of esters is 1. The van der Waals surface area contributed by atoms with Gasteiger partial charge in [-0.25, -0.2) is 8.78 Å². The van der Waals surface area contributed by atoms with Gasteiger partial charge >= 0.3 is 5.97 Å². The van der Waals surface area contributed by atoms with Gasteiger partial charge in [0, 0.05) is 11.6 Å². The molecule has 1 aromatic carbocycles. The lowest BCUT2D eigenvalue weighted by molar-refractivity contribution is -0.143. The van der Waals surface area contributed by atoms with Gasteiger partial charge in [-0.05, 0) is 42.9 Å². The van der Waals surface area contributed by atoms with Crippen LogP contribution in [0.2, 0.25) is 0 Å². The SMILES string of the molecule is COC(=O)CC1(CC(N)c2cc(F)ccc2F)CCCC1. The summed E-state index contributed by atoms with van der Waals surface area (Å²) < 4.78 is 31.8. The van der Waals surface area contributed by atoms with Crippen molar-refractivity contribution >= 4 is 5.97 Å². The Hall–Kier alpha value is -1.49. The molecule has 0 spiro atoms. The molecule has 2 N–H and O–H groups in total. The molecule has 0 bridgehead atoms. The van der Waals surface area contributed by atoms with Gasteiger partial charge in [-0.1, -0.05) is 12.8 Å². The Morgan fingerprint density at radius 2 is 2.05 bits per heavy atom. The first-order valence-electron chi connectivity index (χ1n) is 7.23. The molecule has 0 radical (unpaired) electrons. The van der Waals surface area contributed by atoms with Crippen LogP contribution in [-0.2, 0) is 9.53 Å². The van der Waals surface area contributed by atoms with Crippen LogP contribution in [0.15, 0.2) is 18.2 Å². The Morgan fingerprint density at radius 1 is 1.38 bits per heavy atom. The average molecular weight is 297 g/mol. The number of methoxy groups -OCH3 is 1. The second kappa shape index (κ2) is 6.52. The van der Waals surface area contributed by atoms with Crippen LogP contribution in [-0.4, -0.2) is 13.1 Å². The van der Waals surface area contributed by atoms with E-state index >= 15 is 0 Å². The maximum absolute atomic E-state index is 13.8. The van der Waals surface area contributed by atoms with E-state index in [0.717, 1.165) is 43.9 Å². The van der Waals surface area contributed by atoms with Crippen molar-refractivity contribution < 1.29 is 18.3 Å². The van der Waals surface area contributed by atoms with Crippen LogP contribution in [0, 0.1) is 17.0 Å². The first-order valence-corrected chi connectivity index (χ1v) is 7.23. The van der Waals surface area contributed by atoms with Crippen molar-refractivity contribution in [2.45, 2.75) is 44.6 Å². The molecular weight excluding hydrogens is 276 g/mol. The van der Waals surface area contributed by atoms with Gasteiger partial charge in [0.15, 0.2) is 0 Å². The van der Waals surface area contributed by atoms with Crippen molar-refractivity contribution in [3.05, 3.63) is 35.4 Å². The first-order chi connectivity index (χ1) is 9.96. The molecule has 1 saturated carbocycles. The zero-order valence-electron chi connectivity index (χ0n) is 12.2. The predicted octanol–water partition coefficient (Wildman–Crippen LogP) is 3.48. The highest BCUT2D eigenvalue weighted by molar-refractivity contribution is 5.70. The molecule has 1 atom stereocenters. The molecule has 1 unspecified atom stereocenters. The second-order valence-corrected chi connectivity index (χ2v) is 5.94. The molecule has 0 aromatic heterocycles. The molecule has 1 aliphatic carbocycles. The van der Waals surface area contributed by atoms with E-state index in [-0.39, 0.29) is 23.4 Å². The number of carbonyl (C=O) groups excluding carboxylic acids is 1.